The molecule has 0 N–H and O–H groups in total. The highest BCUT2D eigenvalue weighted by molar-refractivity contribution is 6.33. The zero-order valence-electron chi connectivity index (χ0n) is 15.9. The lowest BCUT2D eigenvalue weighted by Gasteiger charge is -2.19. The maximum absolute atomic E-state index is 14.1. The van der Waals surface area contributed by atoms with Gasteiger partial charge in [-0.1, -0.05) is 35.0 Å². The summed E-state index contributed by atoms with van der Waals surface area (Å²) in [7, 11) is -3.67. The predicted octanol–water partition coefficient (Wildman–Crippen LogP) is 1.05. The Hall–Kier alpha value is -3.03. The molecule has 0 radical (unpaired) electrons. The summed E-state index contributed by atoms with van der Waals surface area (Å²) >= 11 is 0. The highest BCUT2D eigenvalue weighted by Gasteiger charge is 2.35. The zero-order chi connectivity index (χ0) is 22.7. The Morgan fingerprint density at radius 1 is 0.938 bits per heavy atom. The van der Waals surface area contributed by atoms with Crippen LogP contribution in [0, 0.1) is 29.1 Å². The van der Waals surface area contributed by atoms with Gasteiger partial charge in [0.15, 0.2) is 0 Å². The molecule has 1 atom stereocenters. The van der Waals surface area contributed by atoms with Crippen molar-refractivity contribution >= 4 is 7.54 Å². The van der Waals surface area contributed by atoms with Gasteiger partial charge in [-0.2, -0.15) is 8.78 Å². The van der Waals surface area contributed by atoms with E-state index in [0.29, 0.717) is 23.5 Å². The second-order valence-electron chi connectivity index (χ2n) is 6.41. The van der Waals surface area contributed by atoms with Crippen LogP contribution in [0.4, 0.5) is 34.9 Å². The van der Waals surface area contributed by atoms with Crippen molar-refractivity contribution in [1.82, 2.24) is 9.78 Å². The average molecular weight is 469 g/mol. The van der Waals surface area contributed by atoms with Crippen LogP contribution >= 0.6 is 0 Å². The quantitative estimate of drug-likeness (QED) is 0.189. The molecule has 0 unspecified atom stereocenters. The van der Waals surface area contributed by atoms with Crippen LogP contribution in [0.2, 0.25) is 0 Å². The number of rotatable bonds is 3. The predicted molar refractivity (Wildman–Crippen MR) is 91.5 cm³/mol. The zero-order valence-corrected chi connectivity index (χ0v) is 15.9. The standard InChI is InChI=1S/C18H13F5N3O.BF3.FH/c19-13-14(20)16(22)18(17(23)15(13)21)26-9-25-11(7-27-8-12(25)24-26)6-10-4-2-1-3-5-10;2-1(3)4;/h1-5,9,11H,6-8H2;;1H/q+1;;/p-1/t11-;;/m1../s1. The third kappa shape index (κ3) is 5.23. The van der Waals surface area contributed by atoms with Gasteiger partial charge in [-0.3, -0.25) is 12.9 Å². The van der Waals surface area contributed by atoms with Crippen LogP contribution in [0.3, 0.4) is 0 Å². The molecular weight excluding hydrogens is 456 g/mol. The lowest BCUT2D eigenvalue weighted by atomic mass is 10.1. The SMILES string of the molecule is FB(F)F.Fc1c(F)c(F)c(-n2c[n+]3c(n2)COC[C@H]3Cc2ccccc2)c(F)c1F.[F-]. The molecule has 1 aromatic heterocycles. The van der Waals surface area contributed by atoms with E-state index in [2.05, 4.69) is 5.10 Å². The first-order valence-corrected chi connectivity index (χ1v) is 8.76. The molecule has 32 heavy (non-hydrogen) atoms. The van der Waals surface area contributed by atoms with Gasteiger partial charge < -0.3 is 9.44 Å². The van der Waals surface area contributed by atoms with E-state index in [4.69, 9.17) is 4.74 Å². The number of benzene rings is 2. The maximum atomic E-state index is 14.1. The first-order valence-electron chi connectivity index (χ1n) is 8.76. The minimum Gasteiger partial charge on any atom is -1.00 e. The molecule has 0 fully saturated rings. The van der Waals surface area contributed by atoms with Gasteiger partial charge in [-0.05, 0) is 5.56 Å². The molecule has 172 valence electrons. The van der Waals surface area contributed by atoms with Crippen molar-refractivity contribution in [3.05, 3.63) is 77.1 Å². The van der Waals surface area contributed by atoms with Crippen LogP contribution in [0.25, 0.3) is 5.69 Å². The van der Waals surface area contributed by atoms with Gasteiger partial charge >= 0.3 is 13.4 Å². The van der Waals surface area contributed by atoms with Gasteiger partial charge in [0.05, 0.1) is 6.61 Å². The molecule has 0 aliphatic carbocycles. The van der Waals surface area contributed by atoms with Crippen LogP contribution < -0.4 is 9.27 Å². The molecule has 14 heteroatoms. The van der Waals surface area contributed by atoms with Gasteiger partial charge in [0.25, 0.3) is 0 Å². The highest BCUT2D eigenvalue weighted by atomic mass is 19.4. The number of hydrogen-bond donors (Lipinski definition) is 0. The van der Waals surface area contributed by atoms with Gasteiger partial charge in [-0.25, -0.2) is 17.7 Å². The van der Waals surface area contributed by atoms with E-state index in [9.17, 15) is 34.9 Å². The van der Waals surface area contributed by atoms with Crippen LogP contribution in [0.1, 0.15) is 17.4 Å². The van der Waals surface area contributed by atoms with E-state index in [1.165, 1.54) is 6.33 Å². The van der Waals surface area contributed by atoms with E-state index in [1.807, 2.05) is 30.3 Å². The number of aromatic nitrogens is 3. The van der Waals surface area contributed by atoms with Gasteiger partial charge in [0.2, 0.25) is 41.1 Å². The molecule has 0 saturated carbocycles. The Balaban J connectivity index is 0.000000672. The molecule has 3 aromatic rings. The van der Waals surface area contributed by atoms with Crippen LogP contribution in [0.5, 0.6) is 0 Å². The van der Waals surface area contributed by atoms with E-state index in [0.717, 1.165) is 5.56 Å². The number of ether oxygens (including phenoxy) is 1. The summed E-state index contributed by atoms with van der Waals surface area (Å²) in [5, 5.41) is 3.97. The topological polar surface area (TPSA) is 30.9 Å². The molecule has 0 amide bonds. The molecule has 2 aromatic carbocycles. The summed E-state index contributed by atoms with van der Waals surface area (Å²) in [6.07, 6.45) is 1.78. The number of halogens is 9. The molecule has 1 aliphatic rings. The fourth-order valence-electron chi connectivity index (χ4n) is 3.11. The van der Waals surface area contributed by atoms with Crippen LogP contribution in [0.15, 0.2) is 36.7 Å². The second-order valence-corrected chi connectivity index (χ2v) is 6.41. The fourth-order valence-corrected chi connectivity index (χ4v) is 3.11. The minimum atomic E-state index is -3.67. The lowest BCUT2D eigenvalue weighted by molar-refractivity contribution is -0.742. The highest BCUT2D eigenvalue weighted by Crippen LogP contribution is 2.26. The lowest BCUT2D eigenvalue weighted by Crippen LogP contribution is -3.00. The third-order valence-corrected chi connectivity index (χ3v) is 4.42. The Kier molecular flexibility index (Phi) is 8.30. The second kappa shape index (κ2) is 10.5. The summed E-state index contributed by atoms with van der Waals surface area (Å²) in [4.78, 5) is 0. The molecular formula is C18H13BF9N3O. The van der Waals surface area contributed by atoms with E-state index in [1.54, 1.807) is 4.57 Å². The Morgan fingerprint density at radius 2 is 1.47 bits per heavy atom. The van der Waals surface area contributed by atoms with Crippen molar-refractivity contribution in [1.29, 1.82) is 0 Å². The van der Waals surface area contributed by atoms with Crippen molar-refractivity contribution < 1.29 is 48.9 Å². The Bertz CT molecular complexity index is 1030. The van der Waals surface area contributed by atoms with Crippen molar-refractivity contribution in [2.75, 3.05) is 6.61 Å². The first-order chi connectivity index (χ1) is 14.7. The molecule has 0 saturated heterocycles. The normalized spacial score (nSPS) is 14.7. The van der Waals surface area contributed by atoms with Crippen LogP contribution in [-0.4, -0.2) is 23.9 Å². The van der Waals surface area contributed by atoms with E-state index < -0.39 is 42.3 Å². The average Bonchev–Trinajstić information content (AvgIpc) is 3.16. The van der Waals surface area contributed by atoms with Gasteiger partial charge in [-0.15, -0.1) is 0 Å². The molecule has 0 spiro atoms. The van der Waals surface area contributed by atoms with E-state index >= 15 is 0 Å². The maximum Gasteiger partial charge on any atom is 0.762 e. The fraction of sp³-hybridized carbons (Fsp3) is 0.222. The minimum absolute atomic E-state index is 0. The molecule has 2 heterocycles. The van der Waals surface area contributed by atoms with Gasteiger partial charge in [0, 0.05) is 11.5 Å². The third-order valence-electron chi connectivity index (χ3n) is 4.42. The van der Waals surface area contributed by atoms with Crippen molar-refractivity contribution in [3.8, 4) is 5.69 Å². The summed E-state index contributed by atoms with van der Waals surface area (Å²) in [6, 6.07) is 9.24. The summed E-state index contributed by atoms with van der Waals surface area (Å²) < 4.78 is 105. The smallest absolute Gasteiger partial charge is 0.762 e. The number of fused-ring (bicyclic) bond motifs is 1. The number of hydrogen-bond acceptors (Lipinski definition) is 2. The number of nitrogens with zero attached hydrogens (tertiary/aromatic N) is 3. The Labute approximate surface area is 175 Å². The molecule has 1 aliphatic heterocycles. The van der Waals surface area contributed by atoms with E-state index in [-0.39, 0.29) is 17.4 Å². The van der Waals surface area contributed by atoms with Crippen LogP contribution in [-0.2, 0) is 17.8 Å². The van der Waals surface area contributed by atoms with Crippen molar-refractivity contribution in [3.63, 3.8) is 0 Å². The first kappa shape index (κ1) is 25.2. The van der Waals surface area contributed by atoms with Gasteiger partial charge in [0.1, 0.15) is 12.6 Å². The largest absolute Gasteiger partial charge is 1.00 e. The summed E-state index contributed by atoms with van der Waals surface area (Å²) in [6.45, 7) is 0.392. The van der Waals surface area contributed by atoms with Crippen molar-refractivity contribution in [2.24, 2.45) is 0 Å². The summed E-state index contributed by atoms with van der Waals surface area (Å²) in [5.41, 5.74) is -0.109. The molecule has 0 bridgehead atoms. The monoisotopic (exact) mass is 469 g/mol. The van der Waals surface area contributed by atoms with Crippen molar-refractivity contribution in [2.45, 2.75) is 19.1 Å². The molecule has 4 nitrogen and oxygen atoms in total. The molecule has 4 rings (SSSR count). The Morgan fingerprint density at radius 3 is 2.03 bits per heavy atom. The summed E-state index contributed by atoms with van der Waals surface area (Å²) in [5.74, 6) is -9.78.